The number of pyridine rings is 1. The van der Waals surface area contributed by atoms with Crippen LogP contribution in [0.4, 0.5) is 19.0 Å². The summed E-state index contributed by atoms with van der Waals surface area (Å²) in [5.74, 6) is -5.03. The Bertz CT molecular complexity index is 1370. The average molecular weight is 601 g/mol. The van der Waals surface area contributed by atoms with Gasteiger partial charge in [-0.1, -0.05) is 60.7 Å². The second kappa shape index (κ2) is 15.4. The van der Waals surface area contributed by atoms with Crippen molar-refractivity contribution >= 4 is 29.6 Å². The van der Waals surface area contributed by atoms with Crippen LogP contribution in [-0.2, 0) is 23.9 Å². The highest BCUT2D eigenvalue weighted by molar-refractivity contribution is 5.90. The second-order valence-corrected chi connectivity index (χ2v) is 9.54. The number of hydrogen-bond acceptors (Lipinski definition) is 8. The molecule has 0 bridgehead atoms. The maximum atomic E-state index is 13.2. The third kappa shape index (κ3) is 10.5. The number of carbonyl (C=O) groups excluding carboxylic acids is 4. The first kappa shape index (κ1) is 32.7. The first-order valence-corrected chi connectivity index (χ1v) is 13.3. The van der Waals surface area contributed by atoms with E-state index in [0.717, 1.165) is 11.1 Å². The molecule has 1 aromatic heterocycles. The van der Waals surface area contributed by atoms with Crippen LogP contribution in [0, 0.1) is 0 Å². The van der Waals surface area contributed by atoms with E-state index in [1.165, 1.54) is 6.92 Å². The van der Waals surface area contributed by atoms with E-state index in [9.17, 15) is 37.5 Å². The zero-order valence-electron chi connectivity index (χ0n) is 23.1. The zero-order valence-corrected chi connectivity index (χ0v) is 23.1. The minimum absolute atomic E-state index is 0.00654. The number of amides is 2. The van der Waals surface area contributed by atoms with E-state index in [1.807, 2.05) is 30.3 Å². The minimum atomic E-state index is -5.39. The van der Waals surface area contributed by atoms with E-state index in [2.05, 4.69) is 25.7 Å². The number of hydrogen-bond donors (Lipinski definition) is 4. The SMILES string of the molecule is C[C@@H](O)[C@@H](NC(=O)CCCNc1ccccn1)C(=O)NC(CC(=O)OC(=O)C(F)(F)F)c1ccc(-c2ccccc2)cc1. The van der Waals surface area contributed by atoms with Gasteiger partial charge in [0.15, 0.2) is 0 Å². The number of benzene rings is 2. The predicted octanol–water partition coefficient (Wildman–Crippen LogP) is 3.69. The van der Waals surface area contributed by atoms with E-state index in [0.29, 0.717) is 24.3 Å². The van der Waals surface area contributed by atoms with Crippen molar-refractivity contribution in [1.29, 1.82) is 0 Å². The Hall–Kier alpha value is -4.78. The monoisotopic (exact) mass is 600 g/mol. The lowest BCUT2D eigenvalue weighted by Gasteiger charge is -2.25. The van der Waals surface area contributed by atoms with Crippen LogP contribution in [0.5, 0.6) is 0 Å². The second-order valence-electron chi connectivity index (χ2n) is 9.54. The predicted molar refractivity (Wildman–Crippen MR) is 150 cm³/mol. The summed E-state index contributed by atoms with van der Waals surface area (Å²) in [4.78, 5) is 53.2. The fourth-order valence-corrected chi connectivity index (χ4v) is 4.01. The molecule has 0 fully saturated rings. The average Bonchev–Trinajstić information content (AvgIpc) is 2.98. The Morgan fingerprint density at radius 3 is 2.16 bits per heavy atom. The van der Waals surface area contributed by atoms with Gasteiger partial charge in [0.25, 0.3) is 0 Å². The van der Waals surface area contributed by atoms with Gasteiger partial charge in [0.05, 0.1) is 18.6 Å². The number of alkyl halides is 3. The number of halogens is 3. The molecule has 0 saturated heterocycles. The summed E-state index contributed by atoms with van der Waals surface area (Å²) in [5.41, 5.74) is 1.97. The normalized spacial score (nSPS) is 13.2. The van der Waals surface area contributed by atoms with Gasteiger partial charge in [-0.15, -0.1) is 0 Å². The summed E-state index contributed by atoms with van der Waals surface area (Å²) in [7, 11) is 0. The topological polar surface area (TPSA) is 147 Å². The maximum absolute atomic E-state index is 13.2. The summed E-state index contributed by atoms with van der Waals surface area (Å²) in [6.45, 7) is 1.68. The van der Waals surface area contributed by atoms with Gasteiger partial charge in [-0.05, 0) is 42.2 Å². The number of rotatable bonds is 13. The van der Waals surface area contributed by atoms with E-state index >= 15 is 0 Å². The lowest BCUT2D eigenvalue weighted by atomic mass is 9.98. The lowest BCUT2D eigenvalue weighted by Crippen LogP contribution is -2.53. The van der Waals surface area contributed by atoms with Crippen molar-refractivity contribution in [3.8, 4) is 11.1 Å². The van der Waals surface area contributed by atoms with Gasteiger partial charge in [-0.25, -0.2) is 9.78 Å². The van der Waals surface area contributed by atoms with Gasteiger partial charge in [-0.3, -0.25) is 14.4 Å². The van der Waals surface area contributed by atoms with Crippen LogP contribution in [0.2, 0.25) is 0 Å². The molecular weight excluding hydrogens is 569 g/mol. The van der Waals surface area contributed by atoms with Crippen molar-refractivity contribution in [1.82, 2.24) is 15.6 Å². The smallest absolute Gasteiger partial charge is 0.391 e. The molecule has 10 nitrogen and oxygen atoms in total. The van der Waals surface area contributed by atoms with Crippen LogP contribution >= 0.6 is 0 Å². The quantitative estimate of drug-likeness (QED) is 0.132. The Balaban J connectivity index is 1.69. The molecule has 43 heavy (non-hydrogen) atoms. The Kier molecular flexibility index (Phi) is 11.8. The van der Waals surface area contributed by atoms with E-state index in [4.69, 9.17) is 0 Å². The molecule has 0 spiro atoms. The first-order chi connectivity index (χ1) is 20.4. The number of nitrogens with zero attached hydrogens (tertiary/aromatic N) is 1. The molecule has 228 valence electrons. The molecule has 0 aliphatic carbocycles. The third-order valence-electron chi connectivity index (χ3n) is 6.18. The van der Waals surface area contributed by atoms with Crippen LogP contribution in [0.15, 0.2) is 79.0 Å². The third-order valence-corrected chi connectivity index (χ3v) is 6.18. The Morgan fingerprint density at radius 2 is 1.56 bits per heavy atom. The number of aliphatic hydroxyl groups is 1. The van der Waals surface area contributed by atoms with E-state index in [1.54, 1.807) is 48.7 Å². The minimum Gasteiger partial charge on any atom is -0.391 e. The highest BCUT2D eigenvalue weighted by atomic mass is 19.4. The van der Waals surface area contributed by atoms with Crippen LogP contribution in [0.3, 0.4) is 0 Å². The van der Waals surface area contributed by atoms with E-state index in [-0.39, 0.29) is 6.42 Å². The summed E-state index contributed by atoms with van der Waals surface area (Å²) < 4.78 is 41.8. The highest BCUT2D eigenvalue weighted by Gasteiger charge is 2.42. The zero-order chi connectivity index (χ0) is 31.4. The summed E-state index contributed by atoms with van der Waals surface area (Å²) in [5, 5.41) is 18.2. The highest BCUT2D eigenvalue weighted by Crippen LogP contribution is 2.25. The molecule has 3 aromatic rings. The molecule has 0 saturated carbocycles. The first-order valence-electron chi connectivity index (χ1n) is 13.3. The molecule has 0 radical (unpaired) electrons. The molecule has 3 atom stereocenters. The fraction of sp³-hybridized carbons (Fsp3) is 0.300. The number of aromatic nitrogens is 1. The molecular formula is C30H31F3N4O6. The molecule has 0 aliphatic rings. The molecule has 2 aromatic carbocycles. The Morgan fingerprint density at radius 1 is 0.907 bits per heavy atom. The van der Waals surface area contributed by atoms with Crippen molar-refractivity contribution in [3.63, 3.8) is 0 Å². The fourth-order valence-electron chi connectivity index (χ4n) is 4.01. The van der Waals surface area contributed by atoms with Crippen LogP contribution in [0.1, 0.15) is 37.8 Å². The van der Waals surface area contributed by atoms with Crippen LogP contribution in [-0.4, -0.2) is 58.7 Å². The number of anilines is 1. The largest absolute Gasteiger partial charge is 0.491 e. The molecule has 1 unspecified atom stereocenters. The number of aliphatic hydroxyl groups excluding tert-OH is 1. The van der Waals surface area contributed by atoms with Crippen LogP contribution < -0.4 is 16.0 Å². The number of carbonyl (C=O) groups is 4. The van der Waals surface area contributed by atoms with Crippen molar-refractivity contribution < 1.29 is 42.2 Å². The molecule has 4 N–H and O–H groups in total. The van der Waals surface area contributed by atoms with Gasteiger partial charge >= 0.3 is 18.1 Å². The standard InChI is InChI=1S/C30H31F3N4O6/c1-19(38)27(37-25(39)11-7-17-35-24-10-5-6-16-34-24)28(41)36-23(18-26(40)43-29(42)30(31,32)33)22-14-12-21(13-15-22)20-8-3-2-4-9-20/h2-6,8-10,12-16,19,23,27,38H,7,11,17-18H2,1H3,(H,34,35)(H,36,41)(H,37,39)/t19-,23?,27-/m1/s1. The summed E-state index contributed by atoms with van der Waals surface area (Å²) in [6, 6.07) is 18.3. The van der Waals surface area contributed by atoms with Crippen molar-refractivity contribution in [2.45, 2.75) is 50.6 Å². The number of nitrogens with one attached hydrogen (secondary N) is 3. The molecule has 1 heterocycles. The maximum Gasteiger partial charge on any atom is 0.491 e. The van der Waals surface area contributed by atoms with Crippen molar-refractivity contribution in [2.75, 3.05) is 11.9 Å². The summed E-state index contributed by atoms with van der Waals surface area (Å²) in [6.07, 6.45) is -5.59. The molecule has 2 amide bonds. The lowest BCUT2D eigenvalue weighted by molar-refractivity contribution is -0.202. The molecule has 0 aliphatic heterocycles. The molecule has 3 rings (SSSR count). The van der Waals surface area contributed by atoms with Crippen molar-refractivity contribution in [2.24, 2.45) is 0 Å². The number of ether oxygens (including phenoxy) is 1. The van der Waals surface area contributed by atoms with Gasteiger partial charge in [0.2, 0.25) is 11.8 Å². The van der Waals surface area contributed by atoms with Gasteiger partial charge in [0.1, 0.15) is 11.9 Å². The van der Waals surface area contributed by atoms with Gasteiger partial charge in [0, 0.05) is 19.2 Å². The van der Waals surface area contributed by atoms with Gasteiger partial charge < -0.3 is 25.8 Å². The molecule has 13 heteroatoms. The van der Waals surface area contributed by atoms with Gasteiger partial charge in [-0.2, -0.15) is 13.2 Å². The van der Waals surface area contributed by atoms with Crippen LogP contribution in [0.25, 0.3) is 11.1 Å². The van der Waals surface area contributed by atoms with E-state index < -0.39 is 54.5 Å². The Labute approximate surface area is 245 Å². The van der Waals surface area contributed by atoms with Crippen molar-refractivity contribution in [3.05, 3.63) is 84.6 Å². The number of esters is 2. The summed E-state index contributed by atoms with van der Waals surface area (Å²) >= 11 is 0.